The van der Waals surface area contributed by atoms with Crippen molar-refractivity contribution < 1.29 is 14.0 Å². The van der Waals surface area contributed by atoms with Crippen LogP contribution in [0.15, 0.2) is 0 Å². The lowest BCUT2D eigenvalue weighted by atomic mass is 10.2. The van der Waals surface area contributed by atoms with Crippen LogP contribution in [0.1, 0.15) is 19.3 Å². The molecule has 0 spiro atoms. The predicted octanol–water partition coefficient (Wildman–Crippen LogP) is 1.09. The van der Waals surface area contributed by atoms with E-state index in [1.165, 1.54) is 0 Å². The summed E-state index contributed by atoms with van der Waals surface area (Å²) < 4.78 is 15.8. The lowest BCUT2D eigenvalue weighted by Gasteiger charge is -2.12. The molecule has 0 aliphatic carbocycles. The first-order valence-corrected chi connectivity index (χ1v) is 5.00. The maximum Gasteiger partial charge on any atom is 0.639 e. The summed E-state index contributed by atoms with van der Waals surface area (Å²) in [6.07, 6.45) is 16.8. The van der Waals surface area contributed by atoms with Crippen LogP contribution >= 0.6 is 0 Å². The fourth-order valence-corrected chi connectivity index (χ4v) is 0.787. The molecule has 0 fully saturated rings. The van der Waals surface area contributed by atoms with E-state index in [1.54, 1.807) is 0 Å². The van der Waals surface area contributed by atoms with E-state index in [4.69, 9.17) is 33.2 Å². The Morgan fingerprint density at radius 3 is 1.25 bits per heavy atom. The van der Waals surface area contributed by atoms with Gasteiger partial charge in [0.2, 0.25) is 0 Å². The van der Waals surface area contributed by atoms with Gasteiger partial charge in [0.15, 0.2) is 0 Å². The summed E-state index contributed by atoms with van der Waals surface area (Å²) in [6.45, 7) is 1.15. The second kappa shape index (κ2) is 11.7. The van der Waals surface area contributed by atoms with Gasteiger partial charge in [-0.3, -0.25) is 0 Å². The van der Waals surface area contributed by atoms with Crippen molar-refractivity contribution in [1.29, 1.82) is 0 Å². The van der Waals surface area contributed by atoms with E-state index in [-0.39, 0.29) is 0 Å². The molecule has 0 heterocycles. The topological polar surface area (TPSA) is 27.7 Å². The van der Waals surface area contributed by atoms with Gasteiger partial charge < -0.3 is 14.0 Å². The standard InChI is InChI=1S/C12H15BO3/c1-4-7-10-14-13(15-11-8-5-2)16-12-9-6-3/h1-3H,7-12H2. The molecule has 0 N–H and O–H groups in total. The molecule has 0 aliphatic rings. The Kier molecular flexibility index (Phi) is 10.7. The zero-order chi connectivity index (χ0) is 12.1. The number of hydrogen-bond donors (Lipinski definition) is 0. The number of rotatable bonds is 9. The highest BCUT2D eigenvalue weighted by molar-refractivity contribution is 6.36. The molecule has 0 saturated carbocycles. The molecule has 0 aromatic carbocycles. The van der Waals surface area contributed by atoms with Crippen molar-refractivity contribution >= 4 is 7.32 Å². The van der Waals surface area contributed by atoms with Gasteiger partial charge in [-0.25, -0.2) is 0 Å². The van der Waals surface area contributed by atoms with Gasteiger partial charge in [-0.05, 0) is 0 Å². The Hall–Kier alpha value is -1.38. The molecule has 0 amide bonds. The van der Waals surface area contributed by atoms with Gasteiger partial charge in [0.1, 0.15) is 0 Å². The van der Waals surface area contributed by atoms with Crippen molar-refractivity contribution in [3.8, 4) is 37.0 Å². The Labute approximate surface area is 98.0 Å². The number of terminal acetylenes is 3. The summed E-state index contributed by atoms with van der Waals surface area (Å²) in [5, 5.41) is 0. The van der Waals surface area contributed by atoms with Crippen LogP contribution < -0.4 is 0 Å². The largest absolute Gasteiger partial charge is 0.639 e. The third kappa shape index (κ3) is 9.19. The van der Waals surface area contributed by atoms with Crippen molar-refractivity contribution in [2.75, 3.05) is 19.8 Å². The third-order valence-electron chi connectivity index (χ3n) is 1.50. The normalized spacial score (nSPS) is 8.81. The summed E-state index contributed by atoms with van der Waals surface area (Å²) in [6, 6.07) is 0. The Morgan fingerprint density at radius 1 is 0.688 bits per heavy atom. The van der Waals surface area contributed by atoms with Crippen molar-refractivity contribution in [3.05, 3.63) is 0 Å². The molecule has 0 aliphatic heterocycles. The van der Waals surface area contributed by atoms with E-state index in [9.17, 15) is 0 Å². The van der Waals surface area contributed by atoms with E-state index in [1.807, 2.05) is 0 Å². The van der Waals surface area contributed by atoms with Gasteiger partial charge in [0.25, 0.3) is 0 Å². The van der Waals surface area contributed by atoms with Crippen LogP contribution in [0.5, 0.6) is 0 Å². The van der Waals surface area contributed by atoms with Crippen molar-refractivity contribution in [1.82, 2.24) is 0 Å². The van der Waals surface area contributed by atoms with Gasteiger partial charge in [0, 0.05) is 39.1 Å². The van der Waals surface area contributed by atoms with Gasteiger partial charge in [-0.2, -0.15) is 0 Å². The van der Waals surface area contributed by atoms with Crippen molar-refractivity contribution in [3.63, 3.8) is 0 Å². The fraction of sp³-hybridized carbons (Fsp3) is 0.500. The van der Waals surface area contributed by atoms with E-state index < -0.39 is 7.32 Å². The quantitative estimate of drug-likeness (QED) is 0.329. The molecule has 3 nitrogen and oxygen atoms in total. The highest BCUT2D eigenvalue weighted by atomic mass is 16.7. The molecule has 16 heavy (non-hydrogen) atoms. The van der Waals surface area contributed by atoms with Gasteiger partial charge >= 0.3 is 7.32 Å². The minimum Gasteiger partial charge on any atom is -0.385 e. The average Bonchev–Trinajstić information content (AvgIpc) is 2.29. The molecule has 0 radical (unpaired) electrons. The molecule has 0 atom stereocenters. The van der Waals surface area contributed by atoms with Crippen LogP contribution in [-0.4, -0.2) is 27.1 Å². The Bertz CT molecular complexity index is 235. The minimum atomic E-state index is -0.741. The zero-order valence-corrected chi connectivity index (χ0v) is 9.28. The van der Waals surface area contributed by atoms with E-state index >= 15 is 0 Å². The molecule has 0 aromatic rings. The molecule has 0 rings (SSSR count). The van der Waals surface area contributed by atoms with Crippen LogP contribution in [0.2, 0.25) is 0 Å². The van der Waals surface area contributed by atoms with Crippen LogP contribution in [0.4, 0.5) is 0 Å². The van der Waals surface area contributed by atoms with Gasteiger partial charge in [-0.1, -0.05) is 0 Å². The summed E-state index contributed by atoms with van der Waals surface area (Å²) in [5.41, 5.74) is 0. The summed E-state index contributed by atoms with van der Waals surface area (Å²) in [4.78, 5) is 0. The Balaban J connectivity index is 3.73. The van der Waals surface area contributed by atoms with E-state index in [2.05, 4.69) is 17.8 Å². The molecular formula is C12H15BO3. The molecule has 84 valence electrons. The molecule has 4 heteroatoms. The SMILES string of the molecule is C#CCCOB(OCCC#C)OCCC#C. The minimum absolute atomic E-state index is 0.382. The first-order chi connectivity index (χ1) is 7.85. The second-order valence-corrected chi connectivity index (χ2v) is 2.76. The van der Waals surface area contributed by atoms with Crippen LogP contribution in [0, 0.1) is 37.0 Å². The van der Waals surface area contributed by atoms with Crippen molar-refractivity contribution in [2.24, 2.45) is 0 Å². The summed E-state index contributed by atoms with van der Waals surface area (Å²) >= 11 is 0. The fourth-order valence-electron chi connectivity index (χ4n) is 0.787. The zero-order valence-electron chi connectivity index (χ0n) is 9.28. The molecule has 0 aromatic heterocycles. The first-order valence-electron chi connectivity index (χ1n) is 5.00. The molecule has 0 saturated heterocycles. The van der Waals surface area contributed by atoms with Crippen LogP contribution in [-0.2, 0) is 14.0 Å². The highest BCUT2D eigenvalue weighted by Crippen LogP contribution is 1.96. The Morgan fingerprint density at radius 2 is 1.00 bits per heavy atom. The van der Waals surface area contributed by atoms with Crippen molar-refractivity contribution in [2.45, 2.75) is 19.3 Å². The summed E-state index contributed by atoms with van der Waals surface area (Å²) in [7, 11) is -0.741. The predicted molar refractivity (Wildman–Crippen MR) is 64.0 cm³/mol. The van der Waals surface area contributed by atoms with Crippen LogP contribution in [0.3, 0.4) is 0 Å². The highest BCUT2D eigenvalue weighted by Gasteiger charge is 2.20. The third-order valence-corrected chi connectivity index (χ3v) is 1.50. The molecule has 0 unspecified atom stereocenters. The van der Waals surface area contributed by atoms with E-state index in [0.29, 0.717) is 39.1 Å². The smallest absolute Gasteiger partial charge is 0.385 e. The molecule has 0 bridgehead atoms. The monoisotopic (exact) mass is 218 g/mol. The van der Waals surface area contributed by atoms with Gasteiger partial charge in [-0.15, -0.1) is 37.0 Å². The summed E-state index contributed by atoms with van der Waals surface area (Å²) in [5.74, 6) is 7.37. The molecular weight excluding hydrogens is 203 g/mol. The lowest BCUT2D eigenvalue weighted by molar-refractivity contribution is 0.0987. The first kappa shape index (κ1) is 14.6. The van der Waals surface area contributed by atoms with E-state index in [0.717, 1.165) is 0 Å². The lowest BCUT2D eigenvalue weighted by Crippen LogP contribution is -2.28. The average molecular weight is 218 g/mol. The van der Waals surface area contributed by atoms with Gasteiger partial charge in [0.05, 0.1) is 0 Å². The number of hydrogen-bond acceptors (Lipinski definition) is 3. The second-order valence-electron chi connectivity index (χ2n) is 2.76. The maximum atomic E-state index is 5.25. The van der Waals surface area contributed by atoms with Crippen LogP contribution in [0.25, 0.3) is 0 Å². The maximum absolute atomic E-state index is 5.25.